The zero-order chi connectivity index (χ0) is 28.4. The summed E-state index contributed by atoms with van der Waals surface area (Å²) in [6.07, 6.45) is 0.840. The molecule has 0 saturated heterocycles. The average Bonchev–Trinajstić information content (AvgIpc) is 2.90. The molecule has 13 heteroatoms. The molecule has 0 aliphatic carbocycles. The molecule has 0 aliphatic heterocycles. The van der Waals surface area contributed by atoms with Crippen molar-refractivity contribution in [3.8, 4) is 0 Å². The summed E-state index contributed by atoms with van der Waals surface area (Å²) in [5.41, 5.74) is 7.79. The first-order valence-corrected chi connectivity index (χ1v) is 11.7. The first kappa shape index (κ1) is 28.2. The normalized spacial score (nSPS) is 11.1. The van der Waals surface area contributed by atoms with Crippen molar-refractivity contribution in [3.05, 3.63) is 88.0 Å². The molecule has 202 valence electrons. The fourth-order valence-electron chi connectivity index (χ4n) is 3.29. The summed E-state index contributed by atoms with van der Waals surface area (Å²) in [4.78, 5) is 60.6. The second-order valence-electron chi connectivity index (χ2n) is 8.37. The summed E-state index contributed by atoms with van der Waals surface area (Å²) in [6.45, 7) is 2.31. The van der Waals surface area contributed by atoms with Gasteiger partial charge in [0.05, 0.1) is 18.4 Å². The van der Waals surface area contributed by atoms with Crippen LogP contribution in [0.2, 0.25) is 0 Å². The molecule has 7 N–H and O–H groups in total. The molecule has 0 radical (unpaired) electrons. The first-order valence-electron chi connectivity index (χ1n) is 11.7. The van der Waals surface area contributed by atoms with Crippen LogP contribution in [0.15, 0.2) is 65.6 Å². The predicted molar refractivity (Wildman–Crippen MR) is 143 cm³/mol. The Bertz CT molecular complexity index is 1510. The van der Waals surface area contributed by atoms with Crippen LogP contribution in [0, 0.1) is 6.92 Å². The lowest BCUT2D eigenvalue weighted by Crippen LogP contribution is -2.41. The maximum Gasteiger partial charge on any atom is 0.326 e. The van der Waals surface area contributed by atoms with E-state index in [2.05, 4.69) is 49.6 Å². The minimum absolute atomic E-state index is 0.0524. The molecule has 39 heavy (non-hydrogen) atoms. The molecular formula is C26H27N7O6. The molecule has 1 atom stereocenters. The van der Waals surface area contributed by atoms with E-state index < -0.39 is 29.4 Å². The third-order valence-electron chi connectivity index (χ3n) is 5.30. The number of hydrogen-bond donors (Lipinski definition) is 6. The number of aromatic nitrogens is 4. The van der Waals surface area contributed by atoms with Crippen LogP contribution in [0.5, 0.6) is 0 Å². The number of carboxylic acid groups (broad SMARTS) is 2. The Labute approximate surface area is 222 Å². The number of fused-ring (bicyclic) bond motifs is 1. The van der Waals surface area contributed by atoms with Crippen LogP contribution in [-0.4, -0.2) is 54.0 Å². The number of carboxylic acids is 2. The zero-order valence-corrected chi connectivity index (χ0v) is 20.9. The molecule has 0 saturated carbocycles. The van der Waals surface area contributed by atoms with E-state index in [-0.39, 0.29) is 42.1 Å². The Morgan fingerprint density at radius 3 is 2.31 bits per heavy atom. The van der Waals surface area contributed by atoms with Gasteiger partial charge in [0.25, 0.3) is 11.5 Å². The molecule has 2 aromatic carbocycles. The van der Waals surface area contributed by atoms with E-state index in [4.69, 9.17) is 15.9 Å². The number of nitrogen functional groups attached to an aromatic ring is 1. The number of carbonyl (C=O) groups excluding carboxylic acids is 1. The van der Waals surface area contributed by atoms with Crippen LogP contribution in [0.3, 0.4) is 0 Å². The minimum Gasteiger partial charge on any atom is -0.481 e. The highest BCUT2D eigenvalue weighted by Crippen LogP contribution is 2.12. The summed E-state index contributed by atoms with van der Waals surface area (Å²) in [6, 6.07) is 15.1. The summed E-state index contributed by atoms with van der Waals surface area (Å²) in [5, 5.41) is 23.2. The Morgan fingerprint density at radius 1 is 1.03 bits per heavy atom. The van der Waals surface area contributed by atoms with E-state index in [0.29, 0.717) is 11.4 Å². The van der Waals surface area contributed by atoms with E-state index in [1.54, 1.807) is 12.1 Å². The van der Waals surface area contributed by atoms with Crippen molar-refractivity contribution < 1.29 is 24.6 Å². The molecule has 2 aromatic heterocycles. The SMILES string of the molecule is Cc1ccccc1.Nc1nc2ncc(CNc3ccc(C(=O)N[C@@H](CCC(=O)O)C(=O)O)cc3)nc2c(=O)[nH]1. The number of carbonyl (C=O) groups is 3. The second-order valence-corrected chi connectivity index (χ2v) is 8.37. The van der Waals surface area contributed by atoms with Gasteiger partial charge in [0, 0.05) is 17.7 Å². The van der Waals surface area contributed by atoms with Crippen LogP contribution in [0.4, 0.5) is 11.6 Å². The van der Waals surface area contributed by atoms with Crippen LogP contribution in [0.25, 0.3) is 11.2 Å². The topological polar surface area (TPSA) is 213 Å². The number of benzene rings is 2. The largest absolute Gasteiger partial charge is 0.481 e. The number of rotatable bonds is 9. The third kappa shape index (κ3) is 8.63. The van der Waals surface area contributed by atoms with Crippen molar-refractivity contribution in [1.82, 2.24) is 25.3 Å². The molecule has 4 rings (SSSR count). The van der Waals surface area contributed by atoms with Gasteiger partial charge >= 0.3 is 11.9 Å². The fraction of sp³-hybridized carbons (Fsp3) is 0.192. The van der Waals surface area contributed by atoms with Gasteiger partial charge < -0.3 is 26.6 Å². The number of aromatic amines is 1. The molecule has 1 amide bonds. The summed E-state index contributed by atoms with van der Waals surface area (Å²) < 4.78 is 0. The molecule has 0 bridgehead atoms. The monoisotopic (exact) mass is 533 g/mol. The van der Waals surface area contributed by atoms with Crippen molar-refractivity contribution in [1.29, 1.82) is 0 Å². The number of nitrogens with two attached hydrogens (primary N) is 1. The van der Waals surface area contributed by atoms with Gasteiger partial charge in [0.2, 0.25) is 5.95 Å². The maximum absolute atomic E-state index is 12.3. The number of H-pyrrole nitrogens is 1. The van der Waals surface area contributed by atoms with Gasteiger partial charge in [-0.15, -0.1) is 0 Å². The zero-order valence-electron chi connectivity index (χ0n) is 20.9. The molecule has 0 aliphatic rings. The van der Waals surface area contributed by atoms with Crippen LogP contribution in [-0.2, 0) is 16.1 Å². The molecule has 4 aromatic rings. The summed E-state index contributed by atoms with van der Waals surface area (Å²) in [7, 11) is 0. The van der Waals surface area contributed by atoms with Crippen LogP contribution in [0.1, 0.15) is 34.5 Å². The van der Waals surface area contributed by atoms with Gasteiger partial charge in [-0.1, -0.05) is 35.9 Å². The Hall–Kier alpha value is -5.33. The lowest BCUT2D eigenvalue weighted by Gasteiger charge is -2.14. The first-order chi connectivity index (χ1) is 18.6. The number of aliphatic carboxylic acids is 2. The maximum atomic E-state index is 12.3. The lowest BCUT2D eigenvalue weighted by atomic mass is 10.1. The molecule has 0 unspecified atom stereocenters. The highest BCUT2D eigenvalue weighted by atomic mass is 16.4. The van der Waals surface area contributed by atoms with Crippen molar-refractivity contribution >= 4 is 40.6 Å². The number of anilines is 2. The third-order valence-corrected chi connectivity index (χ3v) is 5.30. The van der Waals surface area contributed by atoms with Gasteiger partial charge in [0.15, 0.2) is 11.2 Å². The molecule has 2 heterocycles. The van der Waals surface area contributed by atoms with Gasteiger partial charge in [-0.3, -0.25) is 19.4 Å². The highest BCUT2D eigenvalue weighted by molar-refractivity contribution is 5.96. The van der Waals surface area contributed by atoms with Crippen molar-refractivity contribution in [2.24, 2.45) is 0 Å². The van der Waals surface area contributed by atoms with Crippen molar-refractivity contribution in [2.45, 2.75) is 32.4 Å². The quantitative estimate of drug-likeness (QED) is 0.183. The van der Waals surface area contributed by atoms with Crippen molar-refractivity contribution in [3.63, 3.8) is 0 Å². The van der Waals surface area contributed by atoms with Crippen molar-refractivity contribution in [2.75, 3.05) is 11.1 Å². The smallest absolute Gasteiger partial charge is 0.326 e. The van der Waals surface area contributed by atoms with Gasteiger partial charge in [-0.2, -0.15) is 4.98 Å². The Kier molecular flexibility index (Phi) is 9.62. The average molecular weight is 534 g/mol. The lowest BCUT2D eigenvalue weighted by molar-refractivity contribution is -0.140. The van der Waals surface area contributed by atoms with Gasteiger partial charge in [-0.05, 0) is 37.6 Å². The molecule has 0 spiro atoms. The van der Waals surface area contributed by atoms with Gasteiger partial charge in [0.1, 0.15) is 6.04 Å². The van der Waals surface area contributed by atoms with E-state index in [0.717, 1.165) is 0 Å². The molecule has 0 fully saturated rings. The number of aryl methyl sites for hydroxylation is 1. The number of nitrogens with one attached hydrogen (secondary N) is 3. The van der Waals surface area contributed by atoms with Gasteiger partial charge in [-0.25, -0.2) is 14.8 Å². The van der Waals surface area contributed by atoms with Crippen LogP contribution < -0.4 is 21.9 Å². The molecule has 13 nitrogen and oxygen atoms in total. The van der Waals surface area contributed by atoms with E-state index in [9.17, 15) is 19.2 Å². The second kappa shape index (κ2) is 13.3. The number of hydrogen-bond acceptors (Lipinski definition) is 9. The Balaban J connectivity index is 0.000000520. The van der Waals surface area contributed by atoms with E-state index in [1.165, 1.54) is 23.9 Å². The summed E-state index contributed by atoms with van der Waals surface area (Å²) >= 11 is 0. The van der Waals surface area contributed by atoms with E-state index >= 15 is 0 Å². The number of nitrogens with zero attached hydrogens (tertiary/aromatic N) is 3. The predicted octanol–water partition coefficient (Wildman–Crippen LogP) is 1.95. The van der Waals surface area contributed by atoms with E-state index in [1.807, 2.05) is 18.2 Å². The highest BCUT2D eigenvalue weighted by Gasteiger charge is 2.21. The minimum atomic E-state index is -1.31. The Morgan fingerprint density at radius 2 is 1.72 bits per heavy atom. The number of amides is 1. The fourth-order valence-corrected chi connectivity index (χ4v) is 3.29. The standard InChI is InChI=1S/C19H19N7O6.C7H8/c20-19-25-15-14(17(30)26-19)23-11(8-22-15)7-21-10-3-1-9(2-4-10)16(29)24-12(18(31)32)5-6-13(27)28;1-7-5-3-2-4-6-7/h1-4,8,12,21H,5-7H2,(H,24,29)(H,27,28)(H,31,32)(H3,20,22,25,26,30);2-6H,1H3/t12-;/m0./s1. The summed E-state index contributed by atoms with van der Waals surface area (Å²) in [5.74, 6) is -3.16. The molecular weight excluding hydrogens is 506 g/mol. The van der Waals surface area contributed by atoms with Crippen LogP contribution >= 0.6 is 0 Å².